The second kappa shape index (κ2) is 7.59. The molecule has 0 radical (unpaired) electrons. The Morgan fingerprint density at radius 1 is 1.30 bits per heavy atom. The topological polar surface area (TPSA) is 82.8 Å². The summed E-state index contributed by atoms with van der Waals surface area (Å²) in [5.74, 6) is 0.894. The van der Waals surface area contributed by atoms with Crippen LogP contribution in [0.3, 0.4) is 0 Å². The summed E-state index contributed by atoms with van der Waals surface area (Å²) in [7, 11) is 4.64. The molecule has 1 unspecified atom stereocenters. The van der Waals surface area contributed by atoms with Gasteiger partial charge in [-0.3, -0.25) is 4.79 Å². The minimum atomic E-state index is -0.261. The highest BCUT2D eigenvalue weighted by molar-refractivity contribution is 6.00. The Kier molecular flexibility index (Phi) is 6.11. The van der Waals surface area contributed by atoms with Crippen LogP contribution >= 0.6 is 0 Å². The normalized spacial score (nSPS) is 11.8. The zero-order chi connectivity index (χ0) is 15.1. The number of methoxy groups -OCH3 is 3. The van der Waals surface area contributed by atoms with Gasteiger partial charge in [-0.1, -0.05) is 6.92 Å². The Balaban J connectivity index is 2.86. The monoisotopic (exact) mass is 282 g/mol. The number of amides is 1. The van der Waals surface area contributed by atoms with Crippen LogP contribution in [0.1, 0.15) is 17.3 Å². The number of carbonyl (C=O) groups is 1. The maximum absolute atomic E-state index is 12.2. The highest BCUT2D eigenvalue weighted by Crippen LogP contribution is 2.30. The van der Waals surface area contributed by atoms with Crippen molar-refractivity contribution in [3.63, 3.8) is 0 Å². The zero-order valence-electron chi connectivity index (χ0n) is 12.4. The van der Waals surface area contributed by atoms with E-state index in [0.717, 1.165) is 0 Å². The van der Waals surface area contributed by atoms with Crippen molar-refractivity contribution in [2.45, 2.75) is 6.92 Å². The molecule has 0 aliphatic heterocycles. The maximum Gasteiger partial charge on any atom is 0.253 e. The van der Waals surface area contributed by atoms with Gasteiger partial charge in [0.25, 0.3) is 5.91 Å². The molecule has 1 amide bonds. The smallest absolute Gasteiger partial charge is 0.253 e. The number of anilines is 1. The summed E-state index contributed by atoms with van der Waals surface area (Å²) in [6, 6.07) is 3.23. The van der Waals surface area contributed by atoms with Gasteiger partial charge in [0, 0.05) is 19.7 Å². The van der Waals surface area contributed by atoms with E-state index in [0.29, 0.717) is 35.9 Å². The van der Waals surface area contributed by atoms with E-state index in [2.05, 4.69) is 5.32 Å². The fourth-order valence-corrected chi connectivity index (χ4v) is 1.78. The summed E-state index contributed by atoms with van der Waals surface area (Å²) < 4.78 is 15.3. The minimum Gasteiger partial charge on any atom is -0.497 e. The summed E-state index contributed by atoms with van der Waals surface area (Å²) in [6.45, 7) is 3.07. The molecule has 0 fully saturated rings. The third-order valence-corrected chi connectivity index (χ3v) is 2.88. The molecular weight excluding hydrogens is 260 g/mol. The van der Waals surface area contributed by atoms with Crippen molar-refractivity contribution in [1.29, 1.82) is 0 Å². The molecule has 0 heterocycles. The van der Waals surface area contributed by atoms with E-state index in [4.69, 9.17) is 19.9 Å². The van der Waals surface area contributed by atoms with Gasteiger partial charge in [-0.05, 0) is 12.0 Å². The summed E-state index contributed by atoms with van der Waals surface area (Å²) in [5, 5.41) is 2.82. The summed E-state index contributed by atoms with van der Waals surface area (Å²) in [5.41, 5.74) is 6.55. The number of hydrogen-bond donors (Lipinski definition) is 2. The molecule has 3 N–H and O–H groups in total. The number of ether oxygens (including phenoxy) is 3. The molecule has 0 aromatic heterocycles. The average Bonchev–Trinajstić information content (AvgIpc) is 2.45. The zero-order valence-corrected chi connectivity index (χ0v) is 12.4. The van der Waals surface area contributed by atoms with Gasteiger partial charge >= 0.3 is 0 Å². The molecule has 1 rings (SSSR count). The lowest BCUT2D eigenvalue weighted by Gasteiger charge is -2.15. The van der Waals surface area contributed by atoms with E-state index in [1.165, 1.54) is 14.2 Å². The average molecular weight is 282 g/mol. The molecule has 0 saturated carbocycles. The first kappa shape index (κ1) is 16.1. The number of rotatable bonds is 7. The Morgan fingerprint density at radius 3 is 2.55 bits per heavy atom. The second-order valence-corrected chi connectivity index (χ2v) is 4.56. The van der Waals surface area contributed by atoms with Crippen LogP contribution in [-0.2, 0) is 4.74 Å². The first-order chi connectivity index (χ1) is 9.53. The maximum atomic E-state index is 12.2. The van der Waals surface area contributed by atoms with Gasteiger partial charge in [-0.15, -0.1) is 0 Å². The molecule has 112 valence electrons. The van der Waals surface area contributed by atoms with Gasteiger partial charge in [0.05, 0.1) is 32.1 Å². The van der Waals surface area contributed by atoms with Crippen LogP contribution < -0.4 is 20.5 Å². The van der Waals surface area contributed by atoms with Crippen molar-refractivity contribution < 1.29 is 19.0 Å². The third-order valence-electron chi connectivity index (χ3n) is 2.88. The van der Waals surface area contributed by atoms with Gasteiger partial charge in [-0.25, -0.2) is 0 Å². The number of nitrogen functional groups attached to an aromatic ring is 1. The largest absolute Gasteiger partial charge is 0.497 e. The lowest BCUT2D eigenvalue weighted by molar-refractivity contribution is 0.0934. The molecule has 0 bridgehead atoms. The Morgan fingerprint density at radius 2 is 2.00 bits per heavy atom. The Bertz CT molecular complexity index is 463. The van der Waals surface area contributed by atoms with Crippen molar-refractivity contribution in [2.75, 3.05) is 40.2 Å². The van der Waals surface area contributed by atoms with Crippen LogP contribution in [0.15, 0.2) is 12.1 Å². The number of benzene rings is 1. The second-order valence-electron chi connectivity index (χ2n) is 4.56. The van der Waals surface area contributed by atoms with Crippen molar-refractivity contribution in [2.24, 2.45) is 5.92 Å². The number of nitrogens with two attached hydrogens (primary N) is 1. The van der Waals surface area contributed by atoms with Gasteiger partial charge < -0.3 is 25.3 Å². The first-order valence-electron chi connectivity index (χ1n) is 6.32. The van der Waals surface area contributed by atoms with Crippen molar-refractivity contribution in [3.05, 3.63) is 17.7 Å². The molecule has 0 aliphatic rings. The Hall–Kier alpha value is -1.95. The Labute approximate surface area is 119 Å². The van der Waals surface area contributed by atoms with Gasteiger partial charge in [0.2, 0.25) is 0 Å². The highest BCUT2D eigenvalue weighted by Gasteiger charge is 2.16. The van der Waals surface area contributed by atoms with Gasteiger partial charge in [-0.2, -0.15) is 0 Å². The van der Waals surface area contributed by atoms with E-state index < -0.39 is 0 Å². The van der Waals surface area contributed by atoms with Crippen LogP contribution in [0.5, 0.6) is 11.5 Å². The fourth-order valence-electron chi connectivity index (χ4n) is 1.78. The predicted molar refractivity (Wildman–Crippen MR) is 77.3 cm³/mol. The minimum absolute atomic E-state index is 0.220. The summed E-state index contributed by atoms with van der Waals surface area (Å²) in [4.78, 5) is 12.2. The van der Waals surface area contributed by atoms with E-state index in [9.17, 15) is 4.79 Å². The predicted octanol–water partition coefficient (Wildman–Crippen LogP) is 1.30. The molecule has 6 nitrogen and oxygen atoms in total. The molecule has 6 heteroatoms. The van der Waals surface area contributed by atoms with Gasteiger partial charge in [0.1, 0.15) is 11.5 Å². The molecule has 20 heavy (non-hydrogen) atoms. The molecule has 1 aromatic rings. The summed E-state index contributed by atoms with van der Waals surface area (Å²) >= 11 is 0. The highest BCUT2D eigenvalue weighted by atomic mass is 16.5. The van der Waals surface area contributed by atoms with Crippen molar-refractivity contribution in [1.82, 2.24) is 5.32 Å². The lowest BCUT2D eigenvalue weighted by Crippen LogP contribution is -2.30. The van der Waals surface area contributed by atoms with E-state index in [-0.39, 0.29) is 11.8 Å². The van der Waals surface area contributed by atoms with Crippen LogP contribution in [0, 0.1) is 5.92 Å². The molecule has 1 aromatic carbocycles. The molecule has 1 atom stereocenters. The van der Waals surface area contributed by atoms with Gasteiger partial charge in [0.15, 0.2) is 0 Å². The number of hydrogen-bond acceptors (Lipinski definition) is 5. The lowest BCUT2D eigenvalue weighted by atomic mass is 10.1. The molecular formula is C14H22N2O4. The molecule has 0 spiro atoms. The van der Waals surface area contributed by atoms with E-state index >= 15 is 0 Å². The van der Waals surface area contributed by atoms with Crippen molar-refractivity contribution >= 4 is 11.6 Å². The standard InChI is InChI=1S/C14H22N2O4/c1-9(8-18-2)7-16-14(17)11-5-10(19-3)6-12(20-4)13(11)15/h5-6,9H,7-8,15H2,1-4H3,(H,16,17). The van der Waals surface area contributed by atoms with Crippen LogP contribution in [-0.4, -0.2) is 40.4 Å². The van der Waals surface area contributed by atoms with Crippen LogP contribution in [0.4, 0.5) is 5.69 Å². The fraction of sp³-hybridized carbons (Fsp3) is 0.500. The van der Waals surface area contributed by atoms with Crippen molar-refractivity contribution in [3.8, 4) is 11.5 Å². The third kappa shape index (κ3) is 4.03. The number of nitrogens with one attached hydrogen (secondary N) is 1. The van der Waals surface area contributed by atoms with Crippen LogP contribution in [0.2, 0.25) is 0 Å². The SMILES string of the molecule is COCC(C)CNC(=O)c1cc(OC)cc(OC)c1N. The number of carbonyl (C=O) groups excluding carboxylic acids is 1. The quantitative estimate of drug-likeness (QED) is 0.737. The first-order valence-corrected chi connectivity index (χ1v) is 6.32. The van der Waals surface area contributed by atoms with E-state index in [1.807, 2.05) is 6.92 Å². The molecule has 0 aliphatic carbocycles. The van der Waals surface area contributed by atoms with E-state index in [1.54, 1.807) is 19.2 Å². The van der Waals surface area contributed by atoms with Crippen LogP contribution in [0.25, 0.3) is 0 Å². The molecule has 0 saturated heterocycles. The summed E-state index contributed by atoms with van der Waals surface area (Å²) in [6.07, 6.45) is 0.